The molecule has 0 rings (SSSR count). The fraction of sp³-hybridized carbons (Fsp3) is 0.385. The van der Waals surface area contributed by atoms with Crippen molar-refractivity contribution in [2.45, 2.75) is 27.2 Å². The van der Waals surface area contributed by atoms with Crippen molar-refractivity contribution in [2.75, 3.05) is 6.54 Å². The van der Waals surface area contributed by atoms with Gasteiger partial charge < -0.3 is 5.32 Å². The van der Waals surface area contributed by atoms with Gasteiger partial charge >= 0.3 is 0 Å². The lowest BCUT2D eigenvalue weighted by Crippen LogP contribution is -2.12. The molecule has 0 heterocycles. The Kier molecular flexibility index (Phi) is 6.32. The van der Waals surface area contributed by atoms with Gasteiger partial charge in [-0.2, -0.15) is 0 Å². The Labute approximate surface area is 87.6 Å². The van der Waals surface area contributed by atoms with Crippen molar-refractivity contribution in [2.24, 2.45) is 0 Å². The van der Waals surface area contributed by atoms with E-state index in [1.165, 1.54) is 0 Å². The molecule has 0 spiro atoms. The van der Waals surface area contributed by atoms with Crippen LogP contribution in [-0.4, -0.2) is 6.54 Å². The van der Waals surface area contributed by atoms with E-state index in [1.54, 1.807) is 0 Å². The van der Waals surface area contributed by atoms with Crippen LogP contribution < -0.4 is 5.32 Å². The Hall–Kier alpha value is -1.42. The van der Waals surface area contributed by atoms with Gasteiger partial charge in [0.05, 0.1) is 0 Å². The van der Waals surface area contributed by atoms with Crippen molar-refractivity contribution in [3.63, 3.8) is 0 Å². The number of hydrogen-bond donors (Lipinski definition) is 1. The van der Waals surface area contributed by atoms with E-state index in [1.807, 2.05) is 26.0 Å². The Morgan fingerprint density at radius 2 is 2.21 bits per heavy atom. The lowest BCUT2D eigenvalue weighted by molar-refractivity contribution is 0.815. The van der Waals surface area contributed by atoms with Crippen molar-refractivity contribution < 1.29 is 0 Å². The van der Waals surface area contributed by atoms with Crippen LogP contribution in [0, 0.1) is 12.3 Å². The van der Waals surface area contributed by atoms with Gasteiger partial charge in [-0.15, -0.1) is 6.42 Å². The molecule has 76 valence electrons. The molecule has 1 nitrogen and oxygen atoms in total. The number of rotatable bonds is 5. The average molecular weight is 189 g/mol. The van der Waals surface area contributed by atoms with Gasteiger partial charge in [-0.1, -0.05) is 24.1 Å². The fourth-order valence-electron chi connectivity index (χ4n) is 1.11. The van der Waals surface area contributed by atoms with Gasteiger partial charge in [-0.05, 0) is 26.8 Å². The third kappa shape index (κ3) is 5.27. The van der Waals surface area contributed by atoms with Crippen molar-refractivity contribution in [3.05, 3.63) is 35.6 Å². The van der Waals surface area contributed by atoms with E-state index in [-0.39, 0.29) is 0 Å². The molecule has 0 aromatic heterocycles. The highest BCUT2D eigenvalue weighted by Crippen LogP contribution is 2.08. The standard InChI is InChI=1S/C13H19N/c1-6-12(7-2)10-13(14-8-3)9-11(4)5/h1,7,10,14H,4,8-9H2,2-3,5H3/b12-7-,13-10+. The van der Waals surface area contributed by atoms with Crippen LogP contribution in [0.5, 0.6) is 0 Å². The summed E-state index contributed by atoms with van der Waals surface area (Å²) in [5, 5.41) is 3.28. The highest BCUT2D eigenvalue weighted by Gasteiger charge is 1.96. The van der Waals surface area contributed by atoms with E-state index in [9.17, 15) is 0 Å². The summed E-state index contributed by atoms with van der Waals surface area (Å²) in [5.41, 5.74) is 3.16. The van der Waals surface area contributed by atoms with Gasteiger partial charge in [0.25, 0.3) is 0 Å². The maximum Gasteiger partial charge on any atom is 0.0217 e. The molecule has 0 amide bonds. The zero-order valence-corrected chi connectivity index (χ0v) is 9.35. The molecule has 0 aliphatic heterocycles. The molecule has 0 aliphatic carbocycles. The molecule has 0 saturated carbocycles. The first kappa shape index (κ1) is 12.6. The highest BCUT2D eigenvalue weighted by atomic mass is 14.9. The summed E-state index contributed by atoms with van der Waals surface area (Å²) in [6, 6.07) is 0. The average Bonchev–Trinajstić information content (AvgIpc) is 2.13. The molecule has 0 saturated heterocycles. The van der Waals surface area contributed by atoms with Crippen LogP contribution in [0.2, 0.25) is 0 Å². The Bertz CT molecular complexity index is 287. The van der Waals surface area contributed by atoms with Crippen LogP contribution in [0.1, 0.15) is 27.2 Å². The van der Waals surface area contributed by atoms with E-state index in [2.05, 4.69) is 24.7 Å². The van der Waals surface area contributed by atoms with Gasteiger partial charge in [-0.3, -0.25) is 0 Å². The van der Waals surface area contributed by atoms with Gasteiger partial charge in [0.15, 0.2) is 0 Å². The third-order valence-corrected chi connectivity index (χ3v) is 1.70. The van der Waals surface area contributed by atoms with E-state index in [4.69, 9.17) is 6.42 Å². The SMILES string of the molecule is C#CC(=C/C)/C=C(\CC(=C)C)NCC. The molecular formula is C13H19N. The predicted molar refractivity (Wildman–Crippen MR) is 63.8 cm³/mol. The van der Waals surface area contributed by atoms with E-state index < -0.39 is 0 Å². The van der Waals surface area contributed by atoms with Crippen molar-refractivity contribution in [1.82, 2.24) is 5.32 Å². The van der Waals surface area contributed by atoms with E-state index >= 15 is 0 Å². The van der Waals surface area contributed by atoms with Crippen molar-refractivity contribution in [1.29, 1.82) is 0 Å². The van der Waals surface area contributed by atoms with Crippen LogP contribution in [-0.2, 0) is 0 Å². The first-order valence-corrected chi connectivity index (χ1v) is 4.85. The van der Waals surface area contributed by atoms with Gasteiger partial charge in [-0.25, -0.2) is 0 Å². The number of terminal acetylenes is 1. The number of allylic oxidation sites excluding steroid dienone is 4. The largest absolute Gasteiger partial charge is 0.388 e. The molecule has 0 bridgehead atoms. The lowest BCUT2D eigenvalue weighted by atomic mass is 10.1. The summed E-state index contributed by atoms with van der Waals surface area (Å²) in [4.78, 5) is 0. The molecule has 14 heavy (non-hydrogen) atoms. The second-order valence-electron chi connectivity index (χ2n) is 3.22. The summed E-state index contributed by atoms with van der Waals surface area (Å²) >= 11 is 0. The summed E-state index contributed by atoms with van der Waals surface area (Å²) in [5.74, 6) is 2.63. The fourth-order valence-corrected chi connectivity index (χ4v) is 1.11. The molecule has 0 aromatic carbocycles. The summed E-state index contributed by atoms with van der Waals surface area (Å²) in [6.45, 7) is 10.8. The minimum absolute atomic E-state index is 0.854. The van der Waals surface area contributed by atoms with Crippen LogP contribution in [0.15, 0.2) is 35.6 Å². The monoisotopic (exact) mass is 189 g/mol. The summed E-state index contributed by atoms with van der Waals surface area (Å²) in [6.07, 6.45) is 10.1. The summed E-state index contributed by atoms with van der Waals surface area (Å²) < 4.78 is 0. The van der Waals surface area contributed by atoms with Gasteiger partial charge in [0, 0.05) is 24.2 Å². The molecule has 0 unspecified atom stereocenters. The Balaban J connectivity index is 4.63. The lowest BCUT2D eigenvalue weighted by Gasteiger charge is -2.08. The zero-order chi connectivity index (χ0) is 11.0. The van der Waals surface area contributed by atoms with Crippen LogP contribution in [0.4, 0.5) is 0 Å². The minimum atomic E-state index is 0.854. The second-order valence-corrected chi connectivity index (χ2v) is 3.22. The smallest absolute Gasteiger partial charge is 0.0217 e. The Morgan fingerprint density at radius 1 is 1.57 bits per heavy atom. The molecule has 0 aromatic rings. The maximum absolute atomic E-state index is 5.35. The first-order chi connectivity index (χ1) is 6.63. The molecular weight excluding hydrogens is 170 g/mol. The molecule has 0 atom stereocenters. The topological polar surface area (TPSA) is 12.0 Å². The maximum atomic E-state index is 5.35. The minimum Gasteiger partial charge on any atom is -0.388 e. The van der Waals surface area contributed by atoms with E-state index in [0.717, 1.165) is 29.8 Å². The van der Waals surface area contributed by atoms with Gasteiger partial charge in [0.2, 0.25) is 0 Å². The van der Waals surface area contributed by atoms with Crippen molar-refractivity contribution >= 4 is 0 Å². The molecule has 1 heteroatoms. The number of hydrogen-bond acceptors (Lipinski definition) is 1. The van der Waals surface area contributed by atoms with E-state index in [0.29, 0.717) is 0 Å². The molecule has 0 aliphatic rings. The van der Waals surface area contributed by atoms with Gasteiger partial charge in [0.1, 0.15) is 0 Å². The second kappa shape index (κ2) is 7.03. The quantitative estimate of drug-likeness (QED) is 0.398. The highest BCUT2D eigenvalue weighted by molar-refractivity contribution is 5.38. The molecule has 1 N–H and O–H groups in total. The summed E-state index contributed by atoms with van der Waals surface area (Å²) in [7, 11) is 0. The van der Waals surface area contributed by atoms with Crippen molar-refractivity contribution in [3.8, 4) is 12.3 Å². The first-order valence-electron chi connectivity index (χ1n) is 4.85. The molecule has 0 fully saturated rings. The van der Waals surface area contributed by atoms with Crippen LogP contribution >= 0.6 is 0 Å². The normalized spacial score (nSPS) is 12.1. The predicted octanol–water partition coefficient (Wildman–Crippen LogP) is 3.03. The third-order valence-electron chi connectivity index (χ3n) is 1.70. The van der Waals surface area contributed by atoms with Crippen LogP contribution in [0.3, 0.4) is 0 Å². The Morgan fingerprint density at radius 3 is 2.57 bits per heavy atom. The molecule has 0 radical (unpaired) electrons. The number of nitrogens with one attached hydrogen (secondary N) is 1. The van der Waals surface area contributed by atoms with Crippen LogP contribution in [0.25, 0.3) is 0 Å². The zero-order valence-electron chi connectivity index (χ0n) is 9.35.